The Morgan fingerprint density at radius 1 is 1.31 bits per heavy atom. The first-order chi connectivity index (χ1) is 12.6. The van der Waals surface area contributed by atoms with Gasteiger partial charge in [0.05, 0.1) is 17.3 Å². The monoisotopic (exact) mass is 392 g/mol. The molecular formula is C19H18Cl2N2O3. The molecule has 26 heavy (non-hydrogen) atoms. The van der Waals surface area contributed by atoms with Gasteiger partial charge in [0.1, 0.15) is 5.75 Å². The van der Waals surface area contributed by atoms with Crippen molar-refractivity contribution in [3.8, 4) is 5.75 Å². The van der Waals surface area contributed by atoms with Gasteiger partial charge in [-0.3, -0.25) is 4.79 Å². The third-order valence-electron chi connectivity index (χ3n) is 3.93. The summed E-state index contributed by atoms with van der Waals surface area (Å²) in [6.45, 7) is 2.84. The van der Waals surface area contributed by atoms with Crippen LogP contribution in [0.5, 0.6) is 5.75 Å². The van der Waals surface area contributed by atoms with E-state index in [1.807, 2.05) is 31.2 Å². The molecule has 136 valence electrons. The molecule has 1 amide bonds. The van der Waals surface area contributed by atoms with E-state index in [4.69, 9.17) is 32.8 Å². The topological polar surface area (TPSA) is 59.9 Å². The lowest BCUT2D eigenvalue weighted by molar-refractivity contribution is -0.131. The van der Waals surface area contributed by atoms with Crippen molar-refractivity contribution in [2.45, 2.75) is 26.0 Å². The number of carbonyl (C=O) groups excluding carboxylic acids is 1. The van der Waals surface area contributed by atoms with E-state index in [1.165, 1.54) is 0 Å². The third-order valence-corrected chi connectivity index (χ3v) is 4.48. The van der Waals surface area contributed by atoms with Crippen LogP contribution < -0.4 is 10.1 Å². The summed E-state index contributed by atoms with van der Waals surface area (Å²) >= 11 is 12.1. The normalized spacial score (nSPS) is 16.0. The zero-order valence-corrected chi connectivity index (χ0v) is 15.7. The zero-order valence-electron chi connectivity index (χ0n) is 14.2. The Morgan fingerprint density at radius 3 is 2.88 bits per heavy atom. The molecule has 1 unspecified atom stereocenters. The van der Waals surface area contributed by atoms with Crippen LogP contribution in [0.2, 0.25) is 10.0 Å². The first-order valence-electron chi connectivity index (χ1n) is 8.25. The molecule has 0 fully saturated rings. The molecule has 1 N–H and O–H groups in total. The molecule has 1 aliphatic rings. The van der Waals surface area contributed by atoms with Gasteiger partial charge in [-0.2, -0.15) is 0 Å². The fourth-order valence-electron chi connectivity index (χ4n) is 2.64. The first kappa shape index (κ1) is 18.5. The molecule has 0 spiro atoms. The Labute approximate surface area is 161 Å². The molecule has 1 heterocycles. The summed E-state index contributed by atoms with van der Waals surface area (Å²) in [5, 5.41) is 7.89. The molecular weight excluding hydrogens is 375 g/mol. The van der Waals surface area contributed by atoms with E-state index in [9.17, 15) is 4.79 Å². The number of para-hydroxylation sites is 1. The molecule has 0 saturated heterocycles. The van der Waals surface area contributed by atoms with Crippen LogP contribution in [0.4, 0.5) is 0 Å². The molecule has 0 bridgehead atoms. The molecule has 7 heteroatoms. The van der Waals surface area contributed by atoms with E-state index in [-0.39, 0.29) is 5.91 Å². The van der Waals surface area contributed by atoms with Crippen molar-refractivity contribution in [3.63, 3.8) is 0 Å². The van der Waals surface area contributed by atoms with Crippen LogP contribution in [0.25, 0.3) is 0 Å². The lowest BCUT2D eigenvalue weighted by Gasteiger charge is -2.12. The molecule has 0 aliphatic carbocycles. The third kappa shape index (κ3) is 4.29. The fraction of sp³-hybridized carbons (Fsp3) is 0.263. The minimum Gasteiger partial charge on any atom is -0.494 e. The van der Waals surface area contributed by atoms with Crippen LogP contribution in [0.3, 0.4) is 0 Å². The maximum absolute atomic E-state index is 12.4. The second-order valence-electron chi connectivity index (χ2n) is 5.72. The van der Waals surface area contributed by atoms with E-state index < -0.39 is 6.10 Å². The van der Waals surface area contributed by atoms with E-state index in [0.29, 0.717) is 40.9 Å². The van der Waals surface area contributed by atoms with Gasteiger partial charge in [0.25, 0.3) is 5.91 Å². The Kier molecular flexibility index (Phi) is 6.01. The van der Waals surface area contributed by atoms with E-state index in [2.05, 4.69) is 10.5 Å². The lowest BCUT2D eigenvalue weighted by atomic mass is 10.0. The summed E-state index contributed by atoms with van der Waals surface area (Å²) < 4.78 is 5.56. The Hall–Kier alpha value is -2.24. The lowest BCUT2D eigenvalue weighted by Crippen LogP contribution is -2.34. The highest BCUT2D eigenvalue weighted by atomic mass is 35.5. The molecule has 5 nitrogen and oxygen atoms in total. The highest BCUT2D eigenvalue weighted by Gasteiger charge is 2.29. The number of nitrogens with zero attached hydrogens (tertiary/aromatic N) is 1. The van der Waals surface area contributed by atoms with E-state index in [0.717, 1.165) is 11.3 Å². The van der Waals surface area contributed by atoms with Crippen molar-refractivity contribution in [3.05, 3.63) is 63.6 Å². The summed E-state index contributed by atoms with van der Waals surface area (Å²) in [7, 11) is 0. The number of benzene rings is 2. The summed E-state index contributed by atoms with van der Waals surface area (Å²) in [5.74, 6) is 0.521. The maximum Gasteiger partial charge on any atom is 0.264 e. The second kappa shape index (κ2) is 8.43. The van der Waals surface area contributed by atoms with Crippen LogP contribution in [-0.2, 0) is 16.2 Å². The van der Waals surface area contributed by atoms with Crippen molar-refractivity contribution < 1.29 is 14.4 Å². The number of oxime groups is 1. The van der Waals surface area contributed by atoms with Gasteiger partial charge in [-0.05, 0) is 25.1 Å². The number of halogens is 2. The number of ether oxygens (including phenoxy) is 1. The highest BCUT2D eigenvalue weighted by Crippen LogP contribution is 2.26. The average molecular weight is 393 g/mol. The largest absolute Gasteiger partial charge is 0.494 e. The number of amides is 1. The molecule has 2 aromatic carbocycles. The number of nitrogens with one attached hydrogen (secondary N) is 1. The number of rotatable bonds is 6. The summed E-state index contributed by atoms with van der Waals surface area (Å²) in [4.78, 5) is 17.7. The van der Waals surface area contributed by atoms with E-state index >= 15 is 0 Å². The van der Waals surface area contributed by atoms with Crippen molar-refractivity contribution in [2.75, 3.05) is 6.61 Å². The van der Waals surface area contributed by atoms with Gasteiger partial charge in [0.15, 0.2) is 0 Å². The van der Waals surface area contributed by atoms with Crippen molar-refractivity contribution >= 4 is 34.8 Å². The minimum absolute atomic E-state index is 0.236. The van der Waals surface area contributed by atoms with Crippen LogP contribution in [0, 0.1) is 0 Å². The average Bonchev–Trinajstić information content (AvgIpc) is 3.11. The molecule has 0 aromatic heterocycles. The van der Waals surface area contributed by atoms with Crippen LogP contribution in [0.15, 0.2) is 47.6 Å². The van der Waals surface area contributed by atoms with Crippen molar-refractivity contribution in [1.29, 1.82) is 0 Å². The van der Waals surface area contributed by atoms with Gasteiger partial charge in [-0.1, -0.05) is 52.6 Å². The second-order valence-corrected chi connectivity index (χ2v) is 6.56. The summed E-state index contributed by atoms with van der Waals surface area (Å²) in [6, 6.07) is 12.7. The van der Waals surface area contributed by atoms with Gasteiger partial charge in [0.2, 0.25) is 6.10 Å². The van der Waals surface area contributed by atoms with Crippen LogP contribution >= 0.6 is 23.2 Å². The van der Waals surface area contributed by atoms with Crippen LogP contribution in [0.1, 0.15) is 24.5 Å². The Balaban J connectivity index is 1.59. The number of carbonyl (C=O) groups is 1. The van der Waals surface area contributed by atoms with E-state index in [1.54, 1.807) is 18.2 Å². The summed E-state index contributed by atoms with van der Waals surface area (Å²) in [5.41, 5.74) is 2.25. The molecule has 3 rings (SSSR count). The standard InChI is InChI=1S/C19H18Cl2N2O3/c1-2-25-17-6-4-3-5-12(17)11-22-19(24)18-10-16(23-26-18)14-8-7-13(20)9-15(14)21/h3-9,18H,2,10-11H2,1H3,(H,22,24). The van der Waals surface area contributed by atoms with Gasteiger partial charge in [-0.15, -0.1) is 0 Å². The minimum atomic E-state index is -0.684. The summed E-state index contributed by atoms with van der Waals surface area (Å²) in [6.07, 6.45) is -0.337. The molecule has 0 saturated carbocycles. The first-order valence-corrected chi connectivity index (χ1v) is 9.00. The Bertz CT molecular complexity index is 839. The van der Waals surface area contributed by atoms with Gasteiger partial charge in [-0.25, -0.2) is 0 Å². The SMILES string of the molecule is CCOc1ccccc1CNC(=O)C1CC(c2ccc(Cl)cc2Cl)=NO1. The molecule has 1 atom stereocenters. The maximum atomic E-state index is 12.4. The highest BCUT2D eigenvalue weighted by molar-refractivity contribution is 6.37. The Morgan fingerprint density at radius 2 is 2.12 bits per heavy atom. The quantitative estimate of drug-likeness (QED) is 0.800. The van der Waals surface area contributed by atoms with Crippen LogP contribution in [-0.4, -0.2) is 24.3 Å². The van der Waals surface area contributed by atoms with Crippen molar-refractivity contribution in [2.24, 2.45) is 5.16 Å². The van der Waals surface area contributed by atoms with Crippen molar-refractivity contribution in [1.82, 2.24) is 5.32 Å². The fourth-order valence-corrected chi connectivity index (χ4v) is 3.16. The predicted octanol–water partition coefficient (Wildman–Crippen LogP) is 4.20. The van der Waals surface area contributed by atoms with Gasteiger partial charge in [0, 0.05) is 29.1 Å². The predicted molar refractivity (Wildman–Crippen MR) is 102 cm³/mol. The smallest absolute Gasteiger partial charge is 0.264 e. The zero-order chi connectivity index (χ0) is 18.5. The molecule has 2 aromatic rings. The number of hydrogen-bond acceptors (Lipinski definition) is 4. The van der Waals surface area contributed by atoms with Gasteiger partial charge < -0.3 is 14.9 Å². The van der Waals surface area contributed by atoms with Gasteiger partial charge >= 0.3 is 0 Å². The number of hydrogen-bond donors (Lipinski definition) is 1. The molecule has 1 aliphatic heterocycles. The molecule has 0 radical (unpaired) electrons.